The lowest BCUT2D eigenvalue weighted by Crippen LogP contribution is -2.51. The van der Waals surface area contributed by atoms with Crippen molar-refractivity contribution in [2.45, 2.75) is 52.6 Å². The number of benzene rings is 3. The molecule has 3 aromatic rings. The summed E-state index contributed by atoms with van der Waals surface area (Å²) in [4.78, 5) is 28.8. The minimum atomic E-state index is -0.587. The summed E-state index contributed by atoms with van der Waals surface area (Å²) in [5.74, 6) is -0.152. The topological polar surface area (TPSA) is 49.4 Å². The second kappa shape index (κ2) is 12.0. The maximum absolute atomic E-state index is 13.7. The first-order valence-electron chi connectivity index (χ1n) is 11.7. The van der Waals surface area contributed by atoms with Crippen molar-refractivity contribution in [2.75, 3.05) is 6.54 Å². The highest BCUT2D eigenvalue weighted by Crippen LogP contribution is 2.18. The molecule has 0 bridgehead atoms. The van der Waals surface area contributed by atoms with Gasteiger partial charge in [0.1, 0.15) is 6.04 Å². The molecule has 1 atom stereocenters. The van der Waals surface area contributed by atoms with Crippen LogP contribution in [-0.4, -0.2) is 29.3 Å². The highest BCUT2D eigenvalue weighted by molar-refractivity contribution is 5.88. The fourth-order valence-electron chi connectivity index (χ4n) is 3.87. The van der Waals surface area contributed by atoms with Gasteiger partial charge in [-0.1, -0.05) is 91.3 Å². The Morgan fingerprint density at radius 2 is 1.52 bits per heavy atom. The van der Waals surface area contributed by atoms with E-state index >= 15 is 0 Å². The van der Waals surface area contributed by atoms with Crippen LogP contribution in [0.25, 0.3) is 0 Å². The molecule has 3 rings (SSSR count). The van der Waals surface area contributed by atoms with E-state index in [0.29, 0.717) is 19.5 Å². The minimum absolute atomic E-state index is 0.0466. The molecule has 4 nitrogen and oxygen atoms in total. The SMILES string of the molecule is CCCNC(=O)[C@H](Cc1ccccc1)N(Cc1ccccc1C)C(=O)Cc1ccc(C)cc1. The predicted octanol–water partition coefficient (Wildman–Crippen LogP) is 5.01. The molecule has 0 aliphatic rings. The van der Waals surface area contributed by atoms with E-state index in [1.54, 1.807) is 4.90 Å². The lowest BCUT2D eigenvalue weighted by molar-refractivity contribution is -0.140. The van der Waals surface area contributed by atoms with E-state index < -0.39 is 6.04 Å². The molecule has 0 saturated carbocycles. The standard InChI is InChI=1S/C29H34N2O2/c1-4-18-30-29(33)27(19-24-11-6-5-7-12-24)31(21-26-13-9-8-10-23(26)3)28(32)20-25-16-14-22(2)15-17-25/h5-17,27H,4,18-21H2,1-3H3,(H,30,33)/t27-/m0/s1. The van der Waals surface area contributed by atoms with Crippen molar-refractivity contribution in [3.8, 4) is 0 Å². The molecule has 0 spiro atoms. The molecule has 0 aromatic heterocycles. The van der Waals surface area contributed by atoms with Gasteiger partial charge in [-0.15, -0.1) is 0 Å². The molecule has 1 N–H and O–H groups in total. The second-order valence-corrected chi connectivity index (χ2v) is 8.61. The molecule has 33 heavy (non-hydrogen) atoms. The summed E-state index contributed by atoms with van der Waals surface area (Å²) in [6, 6.07) is 25.4. The lowest BCUT2D eigenvalue weighted by Gasteiger charge is -2.32. The normalized spacial score (nSPS) is 11.6. The van der Waals surface area contributed by atoms with Crippen LogP contribution in [0.1, 0.15) is 41.2 Å². The number of carbonyl (C=O) groups excluding carboxylic acids is 2. The average Bonchev–Trinajstić information content (AvgIpc) is 2.83. The zero-order valence-electron chi connectivity index (χ0n) is 19.9. The van der Waals surface area contributed by atoms with Gasteiger partial charge in [-0.05, 0) is 42.5 Å². The quantitative estimate of drug-likeness (QED) is 0.480. The van der Waals surface area contributed by atoms with E-state index in [1.807, 2.05) is 99.6 Å². The molecule has 0 unspecified atom stereocenters. The summed E-state index contributed by atoms with van der Waals surface area (Å²) in [6.45, 7) is 7.09. The largest absolute Gasteiger partial charge is 0.354 e. The van der Waals surface area contributed by atoms with Crippen LogP contribution in [-0.2, 0) is 29.0 Å². The molecule has 3 aromatic carbocycles. The number of hydrogen-bond acceptors (Lipinski definition) is 2. The third-order valence-electron chi connectivity index (χ3n) is 5.90. The number of nitrogens with one attached hydrogen (secondary N) is 1. The second-order valence-electron chi connectivity index (χ2n) is 8.61. The Kier molecular flexibility index (Phi) is 8.82. The summed E-state index contributed by atoms with van der Waals surface area (Å²) in [7, 11) is 0. The van der Waals surface area contributed by atoms with Crippen LogP contribution < -0.4 is 5.32 Å². The van der Waals surface area contributed by atoms with Crippen LogP contribution in [0.2, 0.25) is 0 Å². The van der Waals surface area contributed by atoms with Crippen molar-refractivity contribution >= 4 is 11.8 Å². The third kappa shape index (κ3) is 7.04. The van der Waals surface area contributed by atoms with E-state index in [9.17, 15) is 9.59 Å². The molecule has 4 heteroatoms. The summed E-state index contributed by atoms with van der Waals surface area (Å²) >= 11 is 0. The molecule has 0 aliphatic heterocycles. The summed E-state index contributed by atoms with van der Waals surface area (Å²) in [5.41, 5.74) is 5.30. The van der Waals surface area contributed by atoms with E-state index in [-0.39, 0.29) is 18.2 Å². The molecular formula is C29H34N2O2. The molecule has 172 valence electrons. The van der Waals surface area contributed by atoms with Gasteiger partial charge in [0.2, 0.25) is 11.8 Å². The van der Waals surface area contributed by atoms with Crippen LogP contribution in [0, 0.1) is 13.8 Å². The lowest BCUT2D eigenvalue weighted by atomic mass is 10.00. The molecule has 0 radical (unpaired) electrons. The number of hydrogen-bond donors (Lipinski definition) is 1. The van der Waals surface area contributed by atoms with Crippen molar-refractivity contribution in [1.29, 1.82) is 0 Å². The van der Waals surface area contributed by atoms with Gasteiger partial charge in [-0.25, -0.2) is 0 Å². The van der Waals surface area contributed by atoms with Crippen molar-refractivity contribution in [3.63, 3.8) is 0 Å². The van der Waals surface area contributed by atoms with Crippen LogP contribution in [0.15, 0.2) is 78.9 Å². The molecule has 0 saturated heterocycles. The minimum Gasteiger partial charge on any atom is -0.354 e. The van der Waals surface area contributed by atoms with Crippen LogP contribution in [0.5, 0.6) is 0 Å². The van der Waals surface area contributed by atoms with Gasteiger partial charge in [0.05, 0.1) is 6.42 Å². The maximum Gasteiger partial charge on any atom is 0.243 e. The summed E-state index contributed by atoms with van der Waals surface area (Å²) in [6.07, 6.45) is 1.58. The van der Waals surface area contributed by atoms with Crippen LogP contribution in [0.3, 0.4) is 0 Å². The van der Waals surface area contributed by atoms with Crippen molar-refractivity contribution in [1.82, 2.24) is 10.2 Å². The zero-order valence-corrected chi connectivity index (χ0v) is 19.9. The fraction of sp³-hybridized carbons (Fsp3) is 0.310. The monoisotopic (exact) mass is 442 g/mol. The van der Waals surface area contributed by atoms with Gasteiger partial charge in [-0.3, -0.25) is 9.59 Å². The van der Waals surface area contributed by atoms with E-state index in [1.165, 1.54) is 0 Å². The Balaban J connectivity index is 1.95. The number of carbonyl (C=O) groups is 2. The number of rotatable bonds is 10. The Hall–Kier alpha value is -3.40. The van der Waals surface area contributed by atoms with Crippen LogP contribution in [0.4, 0.5) is 0 Å². The molecule has 2 amide bonds. The molecular weight excluding hydrogens is 408 g/mol. The molecule has 0 aliphatic carbocycles. The van der Waals surface area contributed by atoms with Gasteiger partial charge >= 0.3 is 0 Å². The first kappa shape index (κ1) is 24.2. The van der Waals surface area contributed by atoms with Gasteiger partial charge in [0.25, 0.3) is 0 Å². The molecule has 0 heterocycles. The highest BCUT2D eigenvalue weighted by atomic mass is 16.2. The Bertz CT molecular complexity index is 1040. The van der Waals surface area contributed by atoms with Crippen molar-refractivity contribution < 1.29 is 9.59 Å². The van der Waals surface area contributed by atoms with E-state index in [2.05, 4.69) is 5.32 Å². The average molecular weight is 443 g/mol. The third-order valence-corrected chi connectivity index (χ3v) is 5.90. The number of nitrogens with zero attached hydrogens (tertiary/aromatic N) is 1. The van der Waals surface area contributed by atoms with Gasteiger partial charge < -0.3 is 10.2 Å². The fourth-order valence-corrected chi connectivity index (χ4v) is 3.87. The first-order valence-corrected chi connectivity index (χ1v) is 11.7. The van der Waals surface area contributed by atoms with Crippen molar-refractivity contribution in [2.24, 2.45) is 0 Å². The summed E-state index contributed by atoms with van der Waals surface area (Å²) in [5, 5.41) is 3.03. The Labute approximate surface area is 197 Å². The Morgan fingerprint density at radius 1 is 0.848 bits per heavy atom. The smallest absolute Gasteiger partial charge is 0.243 e. The highest BCUT2D eigenvalue weighted by Gasteiger charge is 2.30. The molecule has 0 fully saturated rings. The predicted molar refractivity (Wildman–Crippen MR) is 134 cm³/mol. The number of amides is 2. The van der Waals surface area contributed by atoms with E-state index in [0.717, 1.165) is 34.2 Å². The maximum atomic E-state index is 13.7. The van der Waals surface area contributed by atoms with Gasteiger partial charge in [-0.2, -0.15) is 0 Å². The van der Waals surface area contributed by atoms with Gasteiger partial charge in [0.15, 0.2) is 0 Å². The van der Waals surface area contributed by atoms with Crippen molar-refractivity contribution in [3.05, 3.63) is 107 Å². The van der Waals surface area contributed by atoms with Gasteiger partial charge in [0, 0.05) is 19.5 Å². The Morgan fingerprint density at radius 3 is 2.18 bits per heavy atom. The van der Waals surface area contributed by atoms with E-state index in [4.69, 9.17) is 0 Å². The first-order chi connectivity index (χ1) is 16.0. The van der Waals surface area contributed by atoms with Crippen LogP contribution >= 0.6 is 0 Å². The summed E-state index contributed by atoms with van der Waals surface area (Å²) < 4.78 is 0. The zero-order chi connectivity index (χ0) is 23.6. The number of aryl methyl sites for hydroxylation is 2.